The highest BCUT2D eigenvalue weighted by atomic mass is 15.1. The van der Waals surface area contributed by atoms with Crippen molar-refractivity contribution >= 4 is 49.6 Å². The van der Waals surface area contributed by atoms with E-state index in [2.05, 4.69) is 205 Å². The van der Waals surface area contributed by atoms with Crippen LogP contribution in [0.3, 0.4) is 0 Å². The molecular weight excluding hydrogens is 617 g/mol. The number of anilines is 3. The smallest absolute Gasteiger partial charge is 0.0582 e. The number of rotatable bonds is 5. The lowest BCUT2D eigenvalue weighted by Gasteiger charge is -2.35. The fraction of sp³-hybridized carbons (Fsp3) is 0.0612. The number of fused-ring (bicyclic) bond motifs is 6. The normalized spacial score (nSPS) is 13.1. The molecule has 0 bridgehead atoms. The molecule has 0 radical (unpaired) electrons. The summed E-state index contributed by atoms with van der Waals surface area (Å²) >= 11 is 0. The van der Waals surface area contributed by atoms with Crippen LogP contribution in [0.25, 0.3) is 60.5 Å². The lowest BCUT2D eigenvalue weighted by Crippen LogP contribution is -2.26. The van der Waals surface area contributed by atoms with E-state index < -0.39 is 0 Å². The molecule has 0 N–H and O–H groups in total. The van der Waals surface area contributed by atoms with Crippen LogP contribution in [0.15, 0.2) is 182 Å². The van der Waals surface area contributed by atoms with Gasteiger partial charge in [-0.2, -0.15) is 0 Å². The van der Waals surface area contributed by atoms with E-state index in [9.17, 15) is 0 Å². The van der Waals surface area contributed by atoms with Crippen molar-refractivity contribution in [2.45, 2.75) is 19.3 Å². The van der Waals surface area contributed by atoms with Gasteiger partial charge in [0.15, 0.2) is 0 Å². The molecule has 0 saturated carbocycles. The second-order valence-electron chi connectivity index (χ2n) is 14.2. The molecule has 2 heteroatoms. The molecule has 0 spiro atoms. The standard InChI is InChI=1S/C49H36N2/c1-49(2)43-24-14-15-25-46(43)51-45-29-27-38(50(36-19-8-4-9-20-36)37-21-10-5-11-22-37)32-41(45)42-30-35(31-44(49)48(42)51)47-39-23-13-12-18-34(39)26-28-40(47)33-16-6-3-7-17-33/h3-32H,1-2H3. The van der Waals surface area contributed by atoms with Crippen LogP contribution in [0.2, 0.25) is 0 Å². The van der Waals surface area contributed by atoms with E-state index in [0.717, 1.165) is 17.1 Å². The second kappa shape index (κ2) is 11.3. The topological polar surface area (TPSA) is 8.17 Å². The number of hydrogen-bond acceptors (Lipinski definition) is 1. The first-order chi connectivity index (χ1) is 25.1. The molecule has 0 aliphatic carbocycles. The average Bonchev–Trinajstić information content (AvgIpc) is 3.51. The van der Waals surface area contributed by atoms with Crippen LogP contribution in [0.5, 0.6) is 0 Å². The molecule has 0 saturated heterocycles. The summed E-state index contributed by atoms with van der Waals surface area (Å²) < 4.78 is 2.52. The molecule has 51 heavy (non-hydrogen) atoms. The predicted octanol–water partition coefficient (Wildman–Crippen LogP) is 13.4. The zero-order valence-corrected chi connectivity index (χ0v) is 28.7. The number of nitrogens with zero attached hydrogens (tertiary/aromatic N) is 2. The van der Waals surface area contributed by atoms with E-state index in [0.29, 0.717) is 0 Å². The van der Waals surface area contributed by atoms with Crippen molar-refractivity contribution in [3.8, 4) is 27.9 Å². The van der Waals surface area contributed by atoms with Gasteiger partial charge >= 0.3 is 0 Å². The molecule has 1 aliphatic rings. The van der Waals surface area contributed by atoms with Gasteiger partial charge in [0.05, 0.1) is 16.7 Å². The highest BCUT2D eigenvalue weighted by Gasteiger charge is 2.36. The molecule has 0 atom stereocenters. The quantitative estimate of drug-likeness (QED) is 0.180. The molecule has 2 nitrogen and oxygen atoms in total. The van der Waals surface area contributed by atoms with E-state index >= 15 is 0 Å². The van der Waals surface area contributed by atoms with Crippen molar-refractivity contribution in [2.75, 3.05) is 4.90 Å². The van der Waals surface area contributed by atoms with Crippen LogP contribution >= 0.6 is 0 Å². The van der Waals surface area contributed by atoms with Gasteiger partial charge in [-0.05, 0) is 105 Å². The van der Waals surface area contributed by atoms with Gasteiger partial charge in [0.1, 0.15) is 0 Å². The van der Waals surface area contributed by atoms with Crippen LogP contribution in [-0.2, 0) is 5.41 Å². The SMILES string of the molecule is CC1(C)c2ccccc2-n2c3ccc(N(c4ccccc4)c4ccccc4)cc3c3cc(-c4c(-c5ccccc5)ccc5ccccc45)cc1c32. The zero-order chi connectivity index (χ0) is 34.1. The van der Waals surface area contributed by atoms with Gasteiger partial charge in [-0.1, -0.05) is 135 Å². The fourth-order valence-electron chi connectivity index (χ4n) is 8.53. The minimum absolute atomic E-state index is 0.213. The van der Waals surface area contributed by atoms with Gasteiger partial charge in [-0.3, -0.25) is 0 Å². The summed E-state index contributed by atoms with van der Waals surface area (Å²) in [6.45, 7) is 4.79. The Kier molecular flexibility index (Phi) is 6.56. The third kappa shape index (κ3) is 4.50. The van der Waals surface area contributed by atoms with Crippen LogP contribution in [0.4, 0.5) is 17.1 Å². The number of para-hydroxylation sites is 3. The maximum Gasteiger partial charge on any atom is 0.0582 e. The van der Waals surface area contributed by atoms with E-state index in [4.69, 9.17) is 0 Å². The molecule has 2 heterocycles. The van der Waals surface area contributed by atoms with E-state index in [1.807, 2.05) is 0 Å². The van der Waals surface area contributed by atoms with Crippen molar-refractivity contribution in [1.29, 1.82) is 0 Å². The predicted molar refractivity (Wildman–Crippen MR) is 216 cm³/mol. The van der Waals surface area contributed by atoms with Gasteiger partial charge in [0.25, 0.3) is 0 Å². The first kappa shape index (κ1) is 29.5. The molecule has 0 fully saturated rings. The molecule has 242 valence electrons. The lowest BCUT2D eigenvalue weighted by molar-refractivity contribution is 0.630. The third-order valence-electron chi connectivity index (χ3n) is 10.9. The van der Waals surface area contributed by atoms with Gasteiger partial charge in [-0.15, -0.1) is 0 Å². The number of hydrogen-bond donors (Lipinski definition) is 0. The van der Waals surface area contributed by atoms with Crippen molar-refractivity contribution in [2.24, 2.45) is 0 Å². The van der Waals surface area contributed by atoms with Gasteiger partial charge in [-0.25, -0.2) is 0 Å². The van der Waals surface area contributed by atoms with Gasteiger partial charge in [0.2, 0.25) is 0 Å². The number of aromatic nitrogens is 1. The Morgan fingerprint density at radius 3 is 1.84 bits per heavy atom. The Hall–Kier alpha value is -6.38. The van der Waals surface area contributed by atoms with Gasteiger partial charge in [0, 0.05) is 33.2 Å². The average molecular weight is 653 g/mol. The molecule has 8 aromatic carbocycles. The largest absolute Gasteiger partial charge is 0.310 e. The molecule has 1 aliphatic heterocycles. The summed E-state index contributed by atoms with van der Waals surface area (Å²) in [5, 5.41) is 5.03. The molecule has 10 rings (SSSR count). The van der Waals surface area contributed by atoms with Crippen molar-refractivity contribution in [3.63, 3.8) is 0 Å². The second-order valence-corrected chi connectivity index (χ2v) is 14.2. The summed E-state index contributed by atoms with van der Waals surface area (Å²) in [6.07, 6.45) is 0. The van der Waals surface area contributed by atoms with E-state index in [1.54, 1.807) is 0 Å². The van der Waals surface area contributed by atoms with E-state index in [1.165, 1.54) is 71.6 Å². The van der Waals surface area contributed by atoms with Crippen LogP contribution < -0.4 is 4.90 Å². The Labute approximate surface area is 298 Å². The van der Waals surface area contributed by atoms with Gasteiger partial charge < -0.3 is 9.47 Å². The zero-order valence-electron chi connectivity index (χ0n) is 28.7. The summed E-state index contributed by atoms with van der Waals surface area (Å²) in [5.74, 6) is 0. The first-order valence-electron chi connectivity index (χ1n) is 17.8. The van der Waals surface area contributed by atoms with Crippen LogP contribution in [0, 0.1) is 0 Å². The molecule has 0 amide bonds. The lowest BCUT2D eigenvalue weighted by atomic mass is 9.73. The van der Waals surface area contributed by atoms with Crippen molar-refractivity contribution in [1.82, 2.24) is 4.57 Å². The Morgan fingerprint density at radius 1 is 0.451 bits per heavy atom. The Morgan fingerprint density at radius 2 is 1.10 bits per heavy atom. The summed E-state index contributed by atoms with van der Waals surface area (Å²) in [7, 11) is 0. The molecule has 9 aromatic rings. The minimum atomic E-state index is -0.213. The molecule has 0 unspecified atom stereocenters. The van der Waals surface area contributed by atoms with Crippen molar-refractivity contribution < 1.29 is 0 Å². The van der Waals surface area contributed by atoms with Crippen molar-refractivity contribution in [3.05, 3.63) is 193 Å². The first-order valence-corrected chi connectivity index (χ1v) is 17.8. The van der Waals surface area contributed by atoms with Crippen LogP contribution in [-0.4, -0.2) is 4.57 Å². The van der Waals surface area contributed by atoms with E-state index in [-0.39, 0.29) is 5.41 Å². The molecular formula is C49H36N2. The molecule has 1 aromatic heterocycles. The third-order valence-corrected chi connectivity index (χ3v) is 10.9. The summed E-state index contributed by atoms with van der Waals surface area (Å²) in [6, 6.07) is 66.6. The number of benzene rings is 8. The Balaban J connectivity index is 1.33. The summed E-state index contributed by atoms with van der Waals surface area (Å²) in [5.41, 5.74) is 14.6. The fourth-order valence-corrected chi connectivity index (χ4v) is 8.53. The highest BCUT2D eigenvalue weighted by Crippen LogP contribution is 2.51. The maximum atomic E-state index is 2.52. The monoisotopic (exact) mass is 652 g/mol. The highest BCUT2D eigenvalue weighted by molar-refractivity contribution is 6.15. The summed E-state index contributed by atoms with van der Waals surface area (Å²) in [4.78, 5) is 2.36. The maximum absolute atomic E-state index is 2.52. The van der Waals surface area contributed by atoms with Crippen LogP contribution in [0.1, 0.15) is 25.0 Å². The minimum Gasteiger partial charge on any atom is -0.310 e. The Bertz CT molecular complexity index is 2720.